The molecule has 1 aliphatic heterocycles. The molecule has 1 saturated heterocycles. The Labute approximate surface area is 159 Å². The number of hydrogen-bond acceptors (Lipinski definition) is 4. The number of carbonyl (C=O) groups is 1. The monoisotopic (exact) mass is 385 g/mol. The molecule has 0 saturated carbocycles. The molecular weight excluding hydrogens is 365 g/mol. The van der Waals surface area contributed by atoms with Gasteiger partial charge in [0, 0.05) is 31.5 Å². The summed E-state index contributed by atoms with van der Waals surface area (Å²) in [6, 6.07) is 4.73. The van der Waals surface area contributed by atoms with Crippen molar-refractivity contribution in [1.29, 1.82) is 0 Å². The van der Waals surface area contributed by atoms with E-state index in [0.717, 1.165) is 10.6 Å². The van der Waals surface area contributed by atoms with Gasteiger partial charge in [0.05, 0.1) is 10.9 Å². The van der Waals surface area contributed by atoms with Gasteiger partial charge in [-0.15, -0.1) is 0 Å². The van der Waals surface area contributed by atoms with Crippen LogP contribution in [0.25, 0.3) is 10.9 Å². The van der Waals surface area contributed by atoms with Crippen LogP contribution in [0.1, 0.15) is 31.8 Å². The molecule has 3 heterocycles. The first-order valence-corrected chi connectivity index (χ1v) is 9.17. The van der Waals surface area contributed by atoms with Gasteiger partial charge < -0.3 is 9.88 Å². The van der Waals surface area contributed by atoms with Crippen LogP contribution in [-0.2, 0) is 4.79 Å². The zero-order valence-corrected chi connectivity index (χ0v) is 15.3. The first-order chi connectivity index (χ1) is 13.5. The molecule has 8 nitrogen and oxygen atoms in total. The van der Waals surface area contributed by atoms with Crippen molar-refractivity contribution in [3.8, 4) is 0 Å². The Morgan fingerprint density at radius 1 is 1.29 bits per heavy atom. The predicted octanol–water partition coefficient (Wildman–Crippen LogP) is 1.45. The van der Waals surface area contributed by atoms with Crippen molar-refractivity contribution in [1.82, 2.24) is 24.2 Å². The van der Waals surface area contributed by atoms with Crippen molar-refractivity contribution in [3.63, 3.8) is 0 Å². The Morgan fingerprint density at radius 3 is 2.71 bits per heavy atom. The lowest BCUT2D eigenvalue weighted by atomic mass is 10.0. The molecule has 0 unspecified atom stereocenters. The van der Waals surface area contributed by atoms with E-state index < -0.39 is 23.1 Å². The molecule has 9 heteroatoms. The number of fused-ring (bicyclic) bond motifs is 1. The number of nitrogens with one attached hydrogen (secondary N) is 1. The van der Waals surface area contributed by atoms with Crippen LogP contribution in [-0.4, -0.2) is 43.2 Å². The van der Waals surface area contributed by atoms with Crippen molar-refractivity contribution in [3.05, 3.63) is 63.3 Å². The number of halogens is 1. The molecule has 0 spiro atoms. The summed E-state index contributed by atoms with van der Waals surface area (Å²) in [6.45, 7) is 2.65. The number of H-pyrrole nitrogens is 1. The van der Waals surface area contributed by atoms with Gasteiger partial charge in [-0.25, -0.2) is 9.18 Å². The van der Waals surface area contributed by atoms with Crippen molar-refractivity contribution in [2.45, 2.75) is 31.8 Å². The topological polar surface area (TPSA) is 93.0 Å². The number of benzene rings is 1. The minimum Gasteiger partial charge on any atom is -0.341 e. The lowest BCUT2D eigenvalue weighted by Crippen LogP contribution is -2.46. The molecule has 0 radical (unpaired) electrons. The van der Waals surface area contributed by atoms with E-state index in [2.05, 4.69) is 10.1 Å². The molecule has 1 N–H and O–H groups in total. The maximum atomic E-state index is 13.5. The average molecular weight is 385 g/mol. The highest BCUT2D eigenvalue weighted by Crippen LogP contribution is 2.22. The molecular formula is C19H20FN5O3. The normalized spacial score (nSPS) is 16.4. The molecule has 1 fully saturated rings. The smallest absolute Gasteiger partial charge is 0.329 e. The Bertz CT molecular complexity index is 1130. The Kier molecular flexibility index (Phi) is 4.58. The summed E-state index contributed by atoms with van der Waals surface area (Å²) in [5.74, 6) is -0.583. The zero-order chi connectivity index (χ0) is 19.8. The number of aromatic nitrogens is 4. The average Bonchev–Trinajstić information content (AvgIpc) is 3.23. The van der Waals surface area contributed by atoms with E-state index in [4.69, 9.17) is 0 Å². The molecule has 146 valence electrons. The first kappa shape index (κ1) is 18.1. The summed E-state index contributed by atoms with van der Waals surface area (Å²) in [4.78, 5) is 42.2. The van der Waals surface area contributed by atoms with Crippen LogP contribution in [0.4, 0.5) is 4.39 Å². The summed E-state index contributed by atoms with van der Waals surface area (Å²) in [7, 11) is 0. The second-order valence-electron chi connectivity index (χ2n) is 7.01. The summed E-state index contributed by atoms with van der Waals surface area (Å²) in [6.07, 6.45) is 4.31. The van der Waals surface area contributed by atoms with Gasteiger partial charge in [-0.2, -0.15) is 5.10 Å². The molecule has 28 heavy (non-hydrogen) atoms. The SMILES string of the molecule is C[C@@H](C(=O)N1CCC(n2c(=O)[nH]c3ccc(F)cc3c2=O)CC1)n1cccn1. The Morgan fingerprint density at radius 2 is 2.04 bits per heavy atom. The van der Waals surface area contributed by atoms with Gasteiger partial charge in [0.25, 0.3) is 5.56 Å². The van der Waals surface area contributed by atoms with E-state index in [1.807, 2.05) is 0 Å². The number of piperidine rings is 1. The number of carbonyl (C=O) groups excluding carboxylic acids is 1. The second kappa shape index (κ2) is 7.06. The molecule has 3 aromatic rings. The van der Waals surface area contributed by atoms with E-state index in [1.54, 1.807) is 35.0 Å². The van der Waals surface area contributed by atoms with Gasteiger partial charge in [0.2, 0.25) is 5.91 Å². The lowest BCUT2D eigenvalue weighted by molar-refractivity contribution is -0.135. The van der Waals surface area contributed by atoms with E-state index in [9.17, 15) is 18.8 Å². The Hall–Kier alpha value is -3.23. The van der Waals surface area contributed by atoms with Crippen LogP contribution in [0.15, 0.2) is 46.2 Å². The van der Waals surface area contributed by atoms with Gasteiger partial charge in [0.15, 0.2) is 0 Å². The molecule has 1 amide bonds. The second-order valence-corrected chi connectivity index (χ2v) is 7.01. The number of aromatic amines is 1. The van der Waals surface area contributed by atoms with Gasteiger partial charge in [0.1, 0.15) is 11.9 Å². The summed E-state index contributed by atoms with van der Waals surface area (Å²) >= 11 is 0. The van der Waals surface area contributed by atoms with Crippen LogP contribution in [0.5, 0.6) is 0 Å². The maximum absolute atomic E-state index is 13.5. The fraction of sp³-hybridized carbons (Fsp3) is 0.368. The predicted molar refractivity (Wildman–Crippen MR) is 101 cm³/mol. The number of nitrogens with zero attached hydrogens (tertiary/aromatic N) is 4. The highest BCUT2D eigenvalue weighted by Gasteiger charge is 2.29. The minimum absolute atomic E-state index is 0.0519. The van der Waals surface area contributed by atoms with Gasteiger partial charge in [-0.1, -0.05) is 0 Å². The van der Waals surface area contributed by atoms with Gasteiger partial charge >= 0.3 is 5.69 Å². The highest BCUT2D eigenvalue weighted by molar-refractivity contribution is 5.80. The lowest BCUT2D eigenvalue weighted by Gasteiger charge is -2.34. The van der Waals surface area contributed by atoms with Crippen LogP contribution in [0, 0.1) is 5.82 Å². The van der Waals surface area contributed by atoms with E-state index in [1.165, 1.54) is 12.1 Å². The molecule has 1 aromatic carbocycles. The van der Waals surface area contributed by atoms with Gasteiger partial charge in [-0.05, 0) is 44.0 Å². The molecule has 0 aliphatic carbocycles. The third kappa shape index (κ3) is 3.12. The van der Waals surface area contributed by atoms with Crippen LogP contribution >= 0.6 is 0 Å². The number of amides is 1. The van der Waals surface area contributed by atoms with Crippen LogP contribution in [0.2, 0.25) is 0 Å². The third-order valence-electron chi connectivity index (χ3n) is 5.31. The van der Waals surface area contributed by atoms with Gasteiger partial charge in [-0.3, -0.25) is 18.8 Å². The molecule has 0 bridgehead atoms. The molecule has 4 rings (SSSR count). The maximum Gasteiger partial charge on any atom is 0.329 e. The number of hydrogen-bond donors (Lipinski definition) is 1. The fourth-order valence-corrected chi connectivity index (χ4v) is 3.76. The van der Waals surface area contributed by atoms with E-state index >= 15 is 0 Å². The van der Waals surface area contributed by atoms with Crippen LogP contribution < -0.4 is 11.2 Å². The zero-order valence-electron chi connectivity index (χ0n) is 15.3. The van der Waals surface area contributed by atoms with Crippen molar-refractivity contribution in [2.75, 3.05) is 13.1 Å². The summed E-state index contributed by atoms with van der Waals surface area (Å²) in [5.41, 5.74) is -0.708. The molecule has 2 aromatic heterocycles. The fourth-order valence-electron chi connectivity index (χ4n) is 3.76. The standard InChI is InChI=1S/C19H20FN5O3/c1-12(24-8-2-7-21-24)17(26)23-9-5-14(6-10-23)25-18(27)15-11-13(20)3-4-16(15)22-19(25)28/h2-4,7-8,11-12,14H,5-6,9-10H2,1H3,(H,22,28)/t12-/m0/s1. The number of likely N-dealkylation sites (tertiary alicyclic amines) is 1. The number of rotatable bonds is 3. The third-order valence-corrected chi connectivity index (χ3v) is 5.31. The largest absolute Gasteiger partial charge is 0.341 e. The van der Waals surface area contributed by atoms with Crippen molar-refractivity contribution >= 4 is 16.8 Å². The minimum atomic E-state index is -0.531. The van der Waals surface area contributed by atoms with Crippen molar-refractivity contribution < 1.29 is 9.18 Å². The highest BCUT2D eigenvalue weighted by atomic mass is 19.1. The van der Waals surface area contributed by atoms with E-state index in [0.29, 0.717) is 31.4 Å². The molecule has 1 aliphatic rings. The summed E-state index contributed by atoms with van der Waals surface area (Å²) < 4.78 is 16.3. The van der Waals surface area contributed by atoms with E-state index in [-0.39, 0.29) is 17.3 Å². The first-order valence-electron chi connectivity index (χ1n) is 9.17. The Balaban J connectivity index is 1.55. The van der Waals surface area contributed by atoms with Crippen molar-refractivity contribution in [2.24, 2.45) is 0 Å². The summed E-state index contributed by atoms with van der Waals surface area (Å²) in [5, 5.41) is 4.25. The molecule has 1 atom stereocenters. The van der Waals surface area contributed by atoms with Crippen LogP contribution in [0.3, 0.4) is 0 Å². The quantitative estimate of drug-likeness (QED) is 0.739.